The molecule has 4 rings (SSSR count). The number of rotatable bonds is 5. The molecule has 0 aliphatic carbocycles. The molecule has 2 heterocycles. The molecule has 28 heavy (non-hydrogen) atoms. The molecule has 0 unspecified atom stereocenters. The third kappa shape index (κ3) is 4.01. The first kappa shape index (κ1) is 18.8. The lowest BCUT2D eigenvalue weighted by atomic mass is 10.1. The number of likely N-dealkylation sites (N-methyl/N-ethyl adjacent to an activating group) is 1. The normalized spacial score (nSPS) is 17.5. The molecule has 0 spiro atoms. The third-order valence-electron chi connectivity index (χ3n) is 5.53. The van der Waals surface area contributed by atoms with E-state index in [1.807, 2.05) is 16.8 Å². The maximum Gasteiger partial charge on any atom is 0.123 e. The Labute approximate surface area is 166 Å². The Kier molecular flexibility index (Phi) is 5.29. The lowest BCUT2D eigenvalue weighted by Gasteiger charge is -2.20. The minimum Gasteiger partial charge on any atom is -0.305 e. The molecular formula is C23H27FN4. The maximum absolute atomic E-state index is 13.9. The van der Waals surface area contributed by atoms with Gasteiger partial charge in [-0.25, -0.2) is 9.07 Å². The minimum absolute atomic E-state index is 0.234. The average molecular weight is 378 g/mol. The molecule has 4 nitrogen and oxygen atoms in total. The van der Waals surface area contributed by atoms with Crippen LogP contribution >= 0.6 is 0 Å². The van der Waals surface area contributed by atoms with E-state index in [-0.39, 0.29) is 5.82 Å². The van der Waals surface area contributed by atoms with Gasteiger partial charge in [-0.05, 0) is 57.3 Å². The summed E-state index contributed by atoms with van der Waals surface area (Å²) in [5.41, 5.74) is 5.03. The molecule has 0 bridgehead atoms. The Morgan fingerprint density at radius 3 is 2.68 bits per heavy atom. The number of hydrogen-bond donors (Lipinski definition) is 0. The molecule has 1 aromatic heterocycles. The van der Waals surface area contributed by atoms with Crippen molar-refractivity contribution in [2.24, 2.45) is 0 Å². The molecule has 0 N–H and O–H groups in total. The van der Waals surface area contributed by atoms with Crippen molar-refractivity contribution in [3.63, 3.8) is 0 Å². The van der Waals surface area contributed by atoms with Crippen molar-refractivity contribution >= 4 is 0 Å². The van der Waals surface area contributed by atoms with E-state index < -0.39 is 0 Å². The van der Waals surface area contributed by atoms with E-state index >= 15 is 0 Å². The van der Waals surface area contributed by atoms with Gasteiger partial charge in [0, 0.05) is 43.0 Å². The zero-order chi connectivity index (χ0) is 19.7. The monoisotopic (exact) mass is 378 g/mol. The third-order valence-corrected chi connectivity index (χ3v) is 5.53. The molecule has 1 saturated heterocycles. The number of aryl methyl sites for hydroxylation is 1. The second-order valence-corrected chi connectivity index (χ2v) is 7.94. The van der Waals surface area contributed by atoms with Crippen molar-refractivity contribution in [3.8, 4) is 16.9 Å². The minimum atomic E-state index is -0.234. The highest BCUT2D eigenvalue weighted by molar-refractivity contribution is 5.63. The fourth-order valence-corrected chi connectivity index (χ4v) is 3.93. The number of likely N-dealkylation sites (tertiary alicyclic amines) is 1. The van der Waals surface area contributed by atoms with Crippen LogP contribution in [0.3, 0.4) is 0 Å². The Morgan fingerprint density at radius 2 is 1.96 bits per heavy atom. The van der Waals surface area contributed by atoms with E-state index in [4.69, 9.17) is 5.10 Å². The topological polar surface area (TPSA) is 24.3 Å². The molecule has 1 aliphatic heterocycles. The number of hydrogen-bond acceptors (Lipinski definition) is 3. The van der Waals surface area contributed by atoms with E-state index in [0.29, 0.717) is 6.04 Å². The van der Waals surface area contributed by atoms with Crippen LogP contribution in [0.1, 0.15) is 17.5 Å². The first-order valence-corrected chi connectivity index (χ1v) is 9.80. The molecule has 0 amide bonds. The van der Waals surface area contributed by atoms with Crippen molar-refractivity contribution in [3.05, 3.63) is 71.7 Å². The summed E-state index contributed by atoms with van der Waals surface area (Å²) < 4.78 is 15.8. The van der Waals surface area contributed by atoms with Crippen molar-refractivity contribution in [1.29, 1.82) is 0 Å². The molecule has 1 fully saturated rings. The molecular weight excluding hydrogens is 351 g/mol. The van der Waals surface area contributed by atoms with E-state index in [2.05, 4.69) is 55.2 Å². The van der Waals surface area contributed by atoms with Gasteiger partial charge in [-0.15, -0.1) is 0 Å². The summed E-state index contributed by atoms with van der Waals surface area (Å²) in [6, 6.07) is 15.6. The first-order valence-electron chi connectivity index (χ1n) is 9.80. The highest BCUT2D eigenvalue weighted by Gasteiger charge is 2.25. The highest BCUT2D eigenvalue weighted by Crippen LogP contribution is 2.27. The quantitative estimate of drug-likeness (QED) is 0.667. The Hall–Kier alpha value is -2.50. The fourth-order valence-electron chi connectivity index (χ4n) is 3.93. The number of benzene rings is 2. The van der Waals surface area contributed by atoms with E-state index in [0.717, 1.165) is 42.1 Å². The van der Waals surface area contributed by atoms with Crippen molar-refractivity contribution in [2.45, 2.75) is 25.9 Å². The smallest absolute Gasteiger partial charge is 0.123 e. The van der Waals surface area contributed by atoms with Gasteiger partial charge < -0.3 is 4.90 Å². The summed E-state index contributed by atoms with van der Waals surface area (Å²) in [5.74, 6) is -0.234. The summed E-state index contributed by atoms with van der Waals surface area (Å²) in [6.07, 6.45) is 3.27. The lowest BCUT2D eigenvalue weighted by molar-refractivity contribution is 0.265. The van der Waals surface area contributed by atoms with Crippen molar-refractivity contribution in [2.75, 3.05) is 27.2 Å². The van der Waals surface area contributed by atoms with E-state index in [9.17, 15) is 4.39 Å². The van der Waals surface area contributed by atoms with Gasteiger partial charge in [-0.1, -0.05) is 24.3 Å². The standard InChI is InChI=1S/C23H27FN4/c1-17-6-4-9-21(12-17)28-15-19(14-27-11-10-22(16-27)26(2)3)23(25-28)18-7-5-8-20(24)13-18/h4-9,12-13,15,22H,10-11,14,16H2,1-3H3/t22-/m1/s1. The predicted octanol–water partition coefficient (Wildman–Crippen LogP) is 4.12. The maximum atomic E-state index is 13.9. The van der Waals surface area contributed by atoms with Crippen LogP contribution < -0.4 is 0 Å². The van der Waals surface area contributed by atoms with Gasteiger partial charge in [-0.3, -0.25) is 4.90 Å². The second-order valence-electron chi connectivity index (χ2n) is 7.94. The molecule has 0 radical (unpaired) electrons. The van der Waals surface area contributed by atoms with Gasteiger partial charge in [0.25, 0.3) is 0 Å². The number of halogens is 1. The van der Waals surface area contributed by atoms with Gasteiger partial charge >= 0.3 is 0 Å². The first-order chi connectivity index (χ1) is 13.5. The summed E-state index contributed by atoms with van der Waals surface area (Å²) in [6.45, 7) is 5.02. The highest BCUT2D eigenvalue weighted by atomic mass is 19.1. The summed E-state index contributed by atoms with van der Waals surface area (Å²) in [7, 11) is 4.28. The number of aromatic nitrogens is 2. The molecule has 2 aromatic carbocycles. The second kappa shape index (κ2) is 7.86. The van der Waals surface area contributed by atoms with E-state index in [1.165, 1.54) is 18.1 Å². The lowest BCUT2D eigenvalue weighted by Crippen LogP contribution is -2.31. The van der Waals surface area contributed by atoms with Crippen LogP contribution in [0.4, 0.5) is 4.39 Å². The zero-order valence-electron chi connectivity index (χ0n) is 16.8. The Bertz CT molecular complexity index is 963. The van der Waals surface area contributed by atoms with Crippen LogP contribution in [0.15, 0.2) is 54.7 Å². The summed E-state index contributed by atoms with van der Waals surface area (Å²) >= 11 is 0. The van der Waals surface area contributed by atoms with Crippen LogP contribution in [0.25, 0.3) is 16.9 Å². The summed E-state index contributed by atoms with van der Waals surface area (Å²) in [5, 5.41) is 4.84. The molecule has 5 heteroatoms. The Morgan fingerprint density at radius 1 is 1.14 bits per heavy atom. The van der Waals surface area contributed by atoms with E-state index in [1.54, 1.807) is 12.1 Å². The van der Waals surface area contributed by atoms with Gasteiger partial charge in [0.1, 0.15) is 5.82 Å². The largest absolute Gasteiger partial charge is 0.305 e. The molecule has 1 aliphatic rings. The SMILES string of the molecule is Cc1cccc(-n2cc(CN3CC[C@@H](N(C)C)C3)c(-c3cccc(F)c3)n2)c1. The van der Waals surface area contributed by atoms with Gasteiger partial charge in [0.05, 0.1) is 11.4 Å². The van der Waals surface area contributed by atoms with Crippen LogP contribution in [0, 0.1) is 12.7 Å². The fraction of sp³-hybridized carbons (Fsp3) is 0.348. The van der Waals surface area contributed by atoms with Crippen LogP contribution in [-0.4, -0.2) is 52.8 Å². The van der Waals surface area contributed by atoms with Crippen molar-refractivity contribution < 1.29 is 4.39 Å². The number of nitrogens with zero attached hydrogens (tertiary/aromatic N) is 4. The van der Waals surface area contributed by atoms with Crippen molar-refractivity contribution in [1.82, 2.24) is 19.6 Å². The van der Waals surface area contributed by atoms with Crippen LogP contribution in [0.5, 0.6) is 0 Å². The van der Waals surface area contributed by atoms with Gasteiger partial charge in [-0.2, -0.15) is 5.10 Å². The van der Waals surface area contributed by atoms with Gasteiger partial charge in [0.2, 0.25) is 0 Å². The predicted molar refractivity (Wildman–Crippen MR) is 111 cm³/mol. The average Bonchev–Trinajstić information content (AvgIpc) is 3.29. The summed E-state index contributed by atoms with van der Waals surface area (Å²) in [4.78, 5) is 4.76. The zero-order valence-corrected chi connectivity index (χ0v) is 16.8. The van der Waals surface area contributed by atoms with Crippen LogP contribution in [0.2, 0.25) is 0 Å². The molecule has 3 aromatic rings. The molecule has 0 saturated carbocycles. The van der Waals surface area contributed by atoms with Gasteiger partial charge in [0.15, 0.2) is 0 Å². The Balaban J connectivity index is 1.69. The molecule has 146 valence electrons. The van der Waals surface area contributed by atoms with Crippen LogP contribution in [-0.2, 0) is 6.54 Å². The molecule has 1 atom stereocenters.